The number of benzene rings is 1. The van der Waals surface area contributed by atoms with Crippen molar-refractivity contribution in [3.8, 4) is 5.75 Å². The molecule has 1 aromatic carbocycles. The summed E-state index contributed by atoms with van der Waals surface area (Å²) in [5, 5.41) is 3.55. The van der Waals surface area contributed by atoms with E-state index in [9.17, 15) is 13.2 Å². The van der Waals surface area contributed by atoms with E-state index in [0.29, 0.717) is 24.7 Å². The standard InChI is InChI=1S/C16H16F3N5O/c1-11-10-13(23(2)8-9-25-12-6-4-3-5-7-12)24-15(20-11)21-14(22-24)16(17,18)19/h3-7,10H,8-9H2,1-2H3. The van der Waals surface area contributed by atoms with E-state index in [1.807, 2.05) is 30.3 Å². The molecule has 0 N–H and O–H groups in total. The van der Waals surface area contributed by atoms with Crippen LogP contribution in [-0.4, -0.2) is 39.8 Å². The van der Waals surface area contributed by atoms with E-state index in [4.69, 9.17) is 4.74 Å². The molecule has 0 unspecified atom stereocenters. The van der Waals surface area contributed by atoms with Crippen LogP contribution in [0.15, 0.2) is 36.4 Å². The molecule has 2 heterocycles. The first-order valence-corrected chi connectivity index (χ1v) is 7.55. The van der Waals surface area contributed by atoms with Crippen LogP contribution in [0.4, 0.5) is 19.0 Å². The van der Waals surface area contributed by atoms with Gasteiger partial charge in [-0.3, -0.25) is 0 Å². The van der Waals surface area contributed by atoms with Gasteiger partial charge in [0.1, 0.15) is 18.2 Å². The molecule has 6 nitrogen and oxygen atoms in total. The van der Waals surface area contributed by atoms with E-state index in [1.165, 1.54) is 0 Å². The van der Waals surface area contributed by atoms with Crippen LogP contribution in [0.3, 0.4) is 0 Å². The Morgan fingerprint density at radius 3 is 2.56 bits per heavy atom. The van der Waals surface area contributed by atoms with Crippen LogP contribution in [-0.2, 0) is 6.18 Å². The maximum atomic E-state index is 12.9. The maximum absolute atomic E-state index is 12.9. The largest absolute Gasteiger partial charge is 0.492 e. The number of ether oxygens (including phenoxy) is 1. The van der Waals surface area contributed by atoms with Crippen molar-refractivity contribution in [2.75, 3.05) is 25.1 Å². The lowest BCUT2D eigenvalue weighted by atomic mass is 10.3. The molecule has 0 saturated heterocycles. The number of rotatable bonds is 5. The summed E-state index contributed by atoms with van der Waals surface area (Å²) in [7, 11) is 1.75. The SMILES string of the molecule is Cc1cc(N(C)CCOc2ccccc2)n2nc(C(F)(F)F)nc2n1. The third-order valence-corrected chi connectivity index (χ3v) is 3.50. The van der Waals surface area contributed by atoms with E-state index in [0.717, 1.165) is 10.3 Å². The summed E-state index contributed by atoms with van der Waals surface area (Å²) in [6.07, 6.45) is -4.62. The minimum atomic E-state index is -4.62. The third-order valence-electron chi connectivity index (χ3n) is 3.50. The van der Waals surface area contributed by atoms with Crippen molar-refractivity contribution in [1.82, 2.24) is 19.6 Å². The number of nitrogens with zero attached hydrogens (tertiary/aromatic N) is 5. The number of anilines is 1. The van der Waals surface area contributed by atoms with Crippen LogP contribution < -0.4 is 9.64 Å². The molecule has 0 amide bonds. The lowest BCUT2D eigenvalue weighted by molar-refractivity contribution is -0.144. The predicted octanol–water partition coefficient (Wildman–Crippen LogP) is 2.97. The average molecular weight is 351 g/mol. The molecule has 0 aliphatic rings. The highest BCUT2D eigenvalue weighted by molar-refractivity contribution is 5.47. The van der Waals surface area contributed by atoms with Gasteiger partial charge in [-0.25, -0.2) is 4.98 Å². The van der Waals surface area contributed by atoms with Crippen molar-refractivity contribution >= 4 is 11.6 Å². The fourth-order valence-corrected chi connectivity index (χ4v) is 2.29. The zero-order valence-electron chi connectivity index (χ0n) is 13.7. The lowest BCUT2D eigenvalue weighted by Gasteiger charge is -2.20. The molecule has 0 bridgehead atoms. The second kappa shape index (κ2) is 6.58. The molecule has 2 aromatic heterocycles. The van der Waals surface area contributed by atoms with Gasteiger partial charge in [0.15, 0.2) is 0 Å². The minimum absolute atomic E-state index is 0.0850. The molecule has 9 heteroatoms. The minimum Gasteiger partial charge on any atom is -0.492 e. The van der Waals surface area contributed by atoms with Crippen molar-refractivity contribution in [3.63, 3.8) is 0 Å². The Hall–Kier alpha value is -2.84. The van der Waals surface area contributed by atoms with Crippen molar-refractivity contribution in [2.24, 2.45) is 0 Å². The Labute approximate surface area is 141 Å². The lowest BCUT2D eigenvalue weighted by Crippen LogP contribution is -2.26. The predicted molar refractivity (Wildman–Crippen MR) is 85.7 cm³/mol. The summed E-state index contributed by atoms with van der Waals surface area (Å²) in [4.78, 5) is 9.24. The summed E-state index contributed by atoms with van der Waals surface area (Å²) in [5.74, 6) is -0.104. The number of hydrogen-bond donors (Lipinski definition) is 0. The van der Waals surface area contributed by atoms with Gasteiger partial charge in [0.2, 0.25) is 0 Å². The second-order valence-electron chi connectivity index (χ2n) is 5.48. The number of para-hydroxylation sites is 1. The van der Waals surface area contributed by atoms with Gasteiger partial charge in [0, 0.05) is 18.8 Å². The van der Waals surface area contributed by atoms with Gasteiger partial charge in [0.05, 0.1) is 6.54 Å². The molecule has 0 aliphatic heterocycles. The van der Waals surface area contributed by atoms with Crippen LogP contribution in [0.5, 0.6) is 5.75 Å². The zero-order chi connectivity index (χ0) is 18.0. The van der Waals surface area contributed by atoms with Gasteiger partial charge in [0.25, 0.3) is 11.6 Å². The molecule has 0 fully saturated rings. The molecule has 0 aliphatic carbocycles. The van der Waals surface area contributed by atoms with Gasteiger partial charge in [-0.15, -0.1) is 5.10 Å². The number of fused-ring (bicyclic) bond motifs is 1. The maximum Gasteiger partial charge on any atom is 0.453 e. The Bertz CT molecular complexity index is 863. The molecule has 0 spiro atoms. The van der Waals surface area contributed by atoms with Gasteiger partial charge in [-0.2, -0.15) is 22.7 Å². The van der Waals surface area contributed by atoms with Gasteiger partial charge in [-0.05, 0) is 19.1 Å². The second-order valence-corrected chi connectivity index (χ2v) is 5.48. The summed E-state index contributed by atoms with van der Waals surface area (Å²) in [5.41, 5.74) is 0.555. The average Bonchev–Trinajstić information content (AvgIpc) is 2.99. The third kappa shape index (κ3) is 3.81. The van der Waals surface area contributed by atoms with Crippen molar-refractivity contribution in [3.05, 3.63) is 47.9 Å². The number of hydrogen-bond acceptors (Lipinski definition) is 5. The molecular weight excluding hydrogens is 335 g/mol. The van der Waals surface area contributed by atoms with E-state index in [2.05, 4.69) is 15.1 Å². The first kappa shape index (κ1) is 17.0. The number of aryl methyl sites for hydroxylation is 1. The monoisotopic (exact) mass is 351 g/mol. The Morgan fingerprint density at radius 1 is 1.16 bits per heavy atom. The van der Waals surface area contributed by atoms with Gasteiger partial charge in [-0.1, -0.05) is 18.2 Å². The molecular formula is C16H16F3N5O. The fraction of sp³-hybridized carbons (Fsp3) is 0.312. The normalized spacial score (nSPS) is 11.7. The van der Waals surface area contributed by atoms with Crippen molar-refractivity contribution in [2.45, 2.75) is 13.1 Å². The molecule has 132 valence electrons. The highest BCUT2D eigenvalue weighted by Crippen LogP contribution is 2.27. The number of likely N-dealkylation sites (N-methyl/N-ethyl adjacent to an activating group) is 1. The Kier molecular flexibility index (Phi) is 4.47. The first-order chi connectivity index (χ1) is 11.8. The Morgan fingerprint density at radius 2 is 1.88 bits per heavy atom. The smallest absolute Gasteiger partial charge is 0.453 e. The number of alkyl halides is 3. The highest BCUT2D eigenvalue weighted by Gasteiger charge is 2.37. The zero-order valence-corrected chi connectivity index (χ0v) is 13.7. The van der Waals surface area contributed by atoms with Gasteiger partial charge >= 0.3 is 6.18 Å². The number of halogens is 3. The summed E-state index contributed by atoms with van der Waals surface area (Å²) >= 11 is 0. The molecule has 3 rings (SSSR count). The van der Waals surface area contributed by atoms with Gasteiger partial charge < -0.3 is 9.64 Å². The van der Waals surface area contributed by atoms with E-state index in [-0.39, 0.29) is 5.78 Å². The fourth-order valence-electron chi connectivity index (χ4n) is 2.29. The van der Waals surface area contributed by atoms with Crippen molar-refractivity contribution in [1.29, 1.82) is 0 Å². The molecule has 0 atom stereocenters. The highest BCUT2D eigenvalue weighted by atomic mass is 19.4. The molecule has 0 saturated carbocycles. The van der Waals surface area contributed by atoms with E-state index < -0.39 is 12.0 Å². The number of aromatic nitrogens is 4. The van der Waals surface area contributed by atoms with Crippen LogP contribution in [0, 0.1) is 6.92 Å². The van der Waals surface area contributed by atoms with Crippen LogP contribution >= 0.6 is 0 Å². The summed E-state index contributed by atoms with van der Waals surface area (Å²) in [6.45, 7) is 2.51. The summed E-state index contributed by atoms with van der Waals surface area (Å²) < 4.78 is 45.3. The topological polar surface area (TPSA) is 55.6 Å². The van der Waals surface area contributed by atoms with Crippen molar-refractivity contribution < 1.29 is 17.9 Å². The van der Waals surface area contributed by atoms with E-state index >= 15 is 0 Å². The van der Waals surface area contributed by atoms with Crippen LogP contribution in [0.1, 0.15) is 11.5 Å². The van der Waals surface area contributed by atoms with Crippen LogP contribution in [0.2, 0.25) is 0 Å². The Balaban J connectivity index is 1.80. The molecule has 0 radical (unpaired) electrons. The quantitative estimate of drug-likeness (QED) is 0.707. The summed E-state index contributed by atoms with van der Waals surface area (Å²) in [6, 6.07) is 10.9. The first-order valence-electron chi connectivity index (χ1n) is 7.55. The molecule has 25 heavy (non-hydrogen) atoms. The molecule has 3 aromatic rings. The van der Waals surface area contributed by atoms with E-state index in [1.54, 1.807) is 24.9 Å². The van der Waals surface area contributed by atoms with Crippen LogP contribution in [0.25, 0.3) is 5.78 Å².